The molecule has 0 radical (unpaired) electrons. The third kappa shape index (κ3) is 3.43. The van der Waals surface area contributed by atoms with Gasteiger partial charge >= 0.3 is 0 Å². The van der Waals surface area contributed by atoms with Crippen LogP contribution < -0.4 is 11.3 Å². The number of phenols is 1. The highest BCUT2D eigenvalue weighted by Crippen LogP contribution is 2.29. The predicted octanol–water partition coefficient (Wildman–Crippen LogP) is 1.50. The molecule has 5 heteroatoms. The Labute approximate surface area is 99.2 Å². The zero-order valence-corrected chi connectivity index (χ0v) is 10.1. The number of nitrogens with two attached hydrogens (primary N) is 1. The summed E-state index contributed by atoms with van der Waals surface area (Å²) in [6.45, 7) is 3.93. The number of phenolic OH excluding ortho intramolecular Hbond substituents is 1. The first-order valence-electron chi connectivity index (χ1n) is 5.00. The molecule has 0 aromatic heterocycles. The average molecular weight is 240 g/mol. The van der Waals surface area contributed by atoms with Gasteiger partial charge in [-0.2, -0.15) is 0 Å². The molecule has 1 rings (SSSR count). The monoisotopic (exact) mass is 240 g/mol. The normalized spacial score (nSPS) is 12.5. The van der Waals surface area contributed by atoms with Gasteiger partial charge in [-0.25, -0.2) is 5.84 Å². The first-order chi connectivity index (χ1) is 7.54. The van der Waals surface area contributed by atoms with Crippen LogP contribution in [0.3, 0.4) is 0 Å². The van der Waals surface area contributed by atoms with Crippen molar-refractivity contribution in [3.8, 4) is 5.75 Å². The van der Waals surface area contributed by atoms with Crippen LogP contribution in [0.5, 0.6) is 5.75 Å². The van der Waals surface area contributed by atoms with E-state index in [9.17, 15) is 4.79 Å². The van der Waals surface area contributed by atoms with Crippen molar-refractivity contribution in [2.45, 2.75) is 24.0 Å². The molecule has 1 unspecified atom stereocenters. The molecule has 0 saturated heterocycles. The Bertz CT molecular complexity index is 352. The zero-order chi connectivity index (χ0) is 12.1. The lowest BCUT2D eigenvalue weighted by atomic mass is 10.1. The average Bonchev–Trinajstić information content (AvgIpc) is 2.27. The molecule has 16 heavy (non-hydrogen) atoms. The summed E-state index contributed by atoms with van der Waals surface area (Å²) in [7, 11) is 0. The number of carbonyl (C=O) groups excluding carboxylic acids is 1. The van der Waals surface area contributed by atoms with Crippen LogP contribution in [-0.4, -0.2) is 16.3 Å². The molecule has 0 heterocycles. The molecule has 4 nitrogen and oxygen atoms in total. The highest BCUT2D eigenvalue weighted by atomic mass is 32.2. The Morgan fingerprint density at radius 2 is 1.94 bits per heavy atom. The van der Waals surface area contributed by atoms with Gasteiger partial charge in [-0.05, 0) is 30.2 Å². The summed E-state index contributed by atoms with van der Waals surface area (Å²) in [5.41, 5.74) is 2.17. The first kappa shape index (κ1) is 12.9. The first-order valence-corrected chi connectivity index (χ1v) is 5.88. The van der Waals surface area contributed by atoms with Crippen LogP contribution in [0.1, 0.15) is 13.8 Å². The van der Waals surface area contributed by atoms with Gasteiger partial charge in [0.15, 0.2) is 0 Å². The summed E-state index contributed by atoms with van der Waals surface area (Å²) in [6.07, 6.45) is 0. The fraction of sp³-hybridized carbons (Fsp3) is 0.364. The molecule has 0 aliphatic heterocycles. The molecular weight excluding hydrogens is 224 g/mol. The second-order valence-electron chi connectivity index (χ2n) is 3.78. The Hall–Kier alpha value is -1.20. The van der Waals surface area contributed by atoms with Gasteiger partial charge in [-0.1, -0.05) is 13.8 Å². The number of hydrogen-bond acceptors (Lipinski definition) is 4. The van der Waals surface area contributed by atoms with Crippen LogP contribution in [-0.2, 0) is 4.79 Å². The lowest BCUT2D eigenvalue weighted by Gasteiger charge is -2.18. The summed E-state index contributed by atoms with van der Waals surface area (Å²) >= 11 is 1.44. The van der Waals surface area contributed by atoms with Gasteiger partial charge in [-0.15, -0.1) is 11.8 Å². The number of hydrogen-bond donors (Lipinski definition) is 3. The van der Waals surface area contributed by atoms with E-state index in [1.54, 1.807) is 24.3 Å². The van der Waals surface area contributed by atoms with Crippen molar-refractivity contribution < 1.29 is 9.90 Å². The molecule has 1 atom stereocenters. The van der Waals surface area contributed by atoms with E-state index < -0.39 is 0 Å². The van der Waals surface area contributed by atoms with Crippen molar-refractivity contribution in [2.24, 2.45) is 11.8 Å². The van der Waals surface area contributed by atoms with Gasteiger partial charge in [0.05, 0.1) is 5.25 Å². The smallest absolute Gasteiger partial charge is 0.247 e. The molecule has 0 aliphatic carbocycles. The SMILES string of the molecule is CC(C)C(Sc1ccc(O)cc1)C(=O)NN. The Morgan fingerprint density at radius 1 is 1.38 bits per heavy atom. The van der Waals surface area contributed by atoms with Gasteiger partial charge in [0, 0.05) is 4.90 Å². The summed E-state index contributed by atoms with van der Waals surface area (Å²) < 4.78 is 0. The molecule has 88 valence electrons. The van der Waals surface area contributed by atoms with Crippen molar-refractivity contribution in [1.82, 2.24) is 5.43 Å². The minimum atomic E-state index is -0.227. The lowest BCUT2D eigenvalue weighted by Crippen LogP contribution is -2.39. The maximum atomic E-state index is 11.5. The molecule has 0 bridgehead atoms. The number of benzene rings is 1. The molecule has 1 amide bonds. The molecule has 0 spiro atoms. The van der Waals surface area contributed by atoms with E-state index >= 15 is 0 Å². The maximum absolute atomic E-state index is 11.5. The van der Waals surface area contributed by atoms with Gasteiger partial charge in [0.25, 0.3) is 0 Å². The van der Waals surface area contributed by atoms with Crippen LogP contribution >= 0.6 is 11.8 Å². The van der Waals surface area contributed by atoms with E-state index in [1.165, 1.54) is 11.8 Å². The fourth-order valence-electron chi connectivity index (χ4n) is 1.25. The predicted molar refractivity (Wildman–Crippen MR) is 64.9 cm³/mol. The Kier molecular flexibility index (Phi) is 4.64. The minimum Gasteiger partial charge on any atom is -0.508 e. The van der Waals surface area contributed by atoms with Crippen molar-refractivity contribution in [2.75, 3.05) is 0 Å². The Morgan fingerprint density at radius 3 is 2.38 bits per heavy atom. The van der Waals surface area contributed by atoms with Gasteiger partial charge < -0.3 is 5.11 Å². The molecule has 0 aliphatic rings. The number of nitrogens with one attached hydrogen (secondary N) is 1. The van der Waals surface area contributed by atoms with Crippen LogP contribution in [0.15, 0.2) is 29.2 Å². The quantitative estimate of drug-likeness (QED) is 0.323. The standard InChI is InChI=1S/C11H16N2O2S/c1-7(2)10(11(15)13-12)16-9-5-3-8(14)4-6-9/h3-7,10,14H,12H2,1-2H3,(H,13,15). The second-order valence-corrected chi connectivity index (χ2v) is 5.00. The Balaban J connectivity index is 2.75. The van der Waals surface area contributed by atoms with Crippen molar-refractivity contribution in [1.29, 1.82) is 0 Å². The van der Waals surface area contributed by atoms with E-state index in [2.05, 4.69) is 5.43 Å². The van der Waals surface area contributed by atoms with Crippen molar-refractivity contribution in [3.05, 3.63) is 24.3 Å². The summed E-state index contributed by atoms with van der Waals surface area (Å²) in [5.74, 6) is 5.35. The van der Waals surface area contributed by atoms with Gasteiger partial charge in [0.2, 0.25) is 5.91 Å². The van der Waals surface area contributed by atoms with E-state index in [-0.39, 0.29) is 22.8 Å². The number of rotatable bonds is 4. The molecule has 0 fully saturated rings. The largest absolute Gasteiger partial charge is 0.508 e. The molecule has 1 aromatic rings. The van der Waals surface area contributed by atoms with Crippen molar-refractivity contribution >= 4 is 17.7 Å². The van der Waals surface area contributed by atoms with Crippen LogP contribution in [0, 0.1) is 5.92 Å². The van der Waals surface area contributed by atoms with Gasteiger partial charge in [0.1, 0.15) is 5.75 Å². The topological polar surface area (TPSA) is 75.3 Å². The van der Waals surface area contributed by atoms with Crippen LogP contribution in [0.25, 0.3) is 0 Å². The highest BCUT2D eigenvalue weighted by Gasteiger charge is 2.22. The fourth-order valence-corrected chi connectivity index (χ4v) is 2.28. The van der Waals surface area contributed by atoms with Crippen molar-refractivity contribution in [3.63, 3.8) is 0 Å². The molecule has 1 aromatic carbocycles. The maximum Gasteiger partial charge on any atom is 0.247 e. The number of carbonyl (C=O) groups is 1. The minimum absolute atomic E-state index is 0.183. The second kappa shape index (κ2) is 5.77. The summed E-state index contributed by atoms with van der Waals surface area (Å²) in [6, 6.07) is 6.75. The van der Waals surface area contributed by atoms with Gasteiger partial charge in [-0.3, -0.25) is 10.2 Å². The number of hydrazine groups is 1. The zero-order valence-electron chi connectivity index (χ0n) is 9.31. The highest BCUT2D eigenvalue weighted by molar-refractivity contribution is 8.00. The van der Waals surface area contributed by atoms with E-state index in [4.69, 9.17) is 10.9 Å². The third-order valence-electron chi connectivity index (χ3n) is 2.11. The number of thioether (sulfide) groups is 1. The summed E-state index contributed by atoms with van der Waals surface area (Å²) in [5, 5.41) is 8.92. The van der Waals surface area contributed by atoms with E-state index in [0.717, 1.165) is 4.90 Å². The van der Waals surface area contributed by atoms with Crippen LogP contribution in [0.2, 0.25) is 0 Å². The molecule has 4 N–H and O–H groups in total. The van der Waals surface area contributed by atoms with Crippen LogP contribution in [0.4, 0.5) is 0 Å². The third-order valence-corrected chi connectivity index (χ3v) is 3.66. The lowest BCUT2D eigenvalue weighted by molar-refractivity contribution is -0.121. The van der Waals surface area contributed by atoms with E-state index in [0.29, 0.717) is 0 Å². The molecular formula is C11H16N2O2S. The van der Waals surface area contributed by atoms with E-state index in [1.807, 2.05) is 13.8 Å². The molecule has 0 saturated carbocycles. The number of aromatic hydroxyl groups is 1. The number of amides is 1. The summed E-state index contributed by atoms with van der Waals surface area (Å²) in [4.78, 5) is 12.4.